The van der Waals surface area contributed by atoms with Crippen molar-refractivity contribution in [3.63, 3.8) is 0 Å². The number of nitrogens with one attached hydrogen (secondary N) is 3. The molecule has 5 heteroatoms. The third-order valence-electron chi connectivity index (χ3n) is 3.78. The van der Waals surface area contributed by atoms with Crippen molar-refractivity contribution in [3.05, 3.63) is 0 Å². The standard InChI is InChI=1S/C13H23N3O2/c1-9(11(17)16-10-5-6-10)15-12(18)13(2)7-3-4-8-14-13/h9-10,14H,3-8H2,1-2H3,(H,15,18)(H,16,17). The number of hydrogen-bond donors (Lipinski definition) is 3. The molecule has 1 aliphatic carbocycles. The van der Waals surface area contributed by atoms with Crippen molar-refractivity contribution in [1.29, 1.82) is 0 Å². The second-order valence-electron chi connectivity index (χ2n) is 5.69. The Hall–Kier alpha value is -1.10. The van der Waals surface area contributed by atoms with Crippen molar-refractivity contribution in [1.82, 2.24) is 16.0 Å². The average molecular weight is 253 g/mol. The lowest BCUT2D eigenvalue weighted by Crippen LogP contribution is -2.60. The van der Waals surface area contributed by atoms with Gasteiger partial charge in [0.2, 0.25) is 11.8 Å². The molecule has 1 saturated heterocycles. The van der Waals surface area contributed by atoms with Crippen molar-refractivity contribution < 1.29 is 9.59 Å². The highest BCUT2D eigenvalue weighted by Crippen LogP contribution is 2.20. The molecule has 0 aromatic rings. The summed E-state index contributed by atoms with van der Waals surface area (Å²) in [6.07, 6.45) is 5.12. The minimum absolute atomic E-state index is 0.0688. The number of hydrogen-bond acceptors (Lipinski definition) is 3. The molecule has 2 unspecified atom stereocenters. The van der Waals surface area contributed by atoms with E-state index in [4.69, 9.17) is 0 Å². The molecule has 2 amide bonds. The first-order valence-electron chi connectivity index (χ1n) is 6.88. The first-order valence-corrected chi connectivity index (χ1v) is 6.88. The smallest absolute Gasteiger partial charge is 0.242 e. The second kappa shape index (κ2) is 5.26. The van der Waals surface area contributed by atoms with E-state index in [9.17, 15) is 9.59 Å². The van der Waals surface area contributed by atoms with Crippen LogP contribution >= 0.6 is 0 Å². The third kappa shape index (κ3) is 3.22. The van der Waals surface area contributed by atoms with E-state index in [1.54, 1.807) is 6.92 Å². The number of rotatable bonds is 4. The highest BCUT2D eigenvalue weighted by Gasteiger charge is 2.36. The molecule has 5 nitrogen and oxygen atoms in total. The lowest BCUT2D eigenvalue weighted by molar-refractivity contribution is -0.132. The topological polar surface area (TPSA) is 70.2 Å². The molecule has 0 radical (unpaired) electrons. The van der Waals surface area contributed by atoms with E-state index in [1.165, 1.54) is 0 Å². The van der Waals surface area contributed by atoms with Crippen molar-refractivity contribution in [2.75, 3.05) is 6.54 Å². The van der Waals surface area contributed by atoms with Gasteiger partial charge in [0.25, 0.3) is 0 Å². The fourth-order valence-electron chi connectivity index (χ4n) is 2.23. The predicted molar refractivity (Wildman–Crippen MR) is 69.0 cm³/mol. The summed E-state index contributed by atoms with van der Waals surface area (Å²) in [5, 5.41) is 8.96. The van der Waals surface area contributed by atoms with E-state index in [0.29, 0.717) is 6.04 Å². The summed E-state index contributed by atoms with van der Waals surface area (Å²) in [4.78, 5) is 24.0. The fraction of sp³-hybridized carbons (Fsp3) is 0.846. The molecular weight excluding hydrogens is 230 g/mol. The van der Waals surface area contributed by atoms with Crippen LogP contribution in [-0.2, 0) is 9.59 Å². The van der Waals surface area contributed by atoms with Crippen LogP contribution < -0.4 is 16.0 Å². The largest absolute Gasteiger partial charge is 0.352 e. The number of piperidine rings is 1. The van der Waals surface area contributed by atoms with Gasteiger partial charge in [-0.2, -0.15) is 0 Å². The zero-order valence-corrected chi connectivity index (χ0v) is 11.2. The van der Waals surface area contributed by atoms with Crippen LogP contribution in [0.4, 0.5) is 0 Å². The van der Waals surface area contributed by atoms with Crippen LogP contribution in [-0.4, -0.2) is 36.0 Å². The summed E-state index contributed by atoms with van der Waals surface area (Å²) in [6.45, 7) is 4.52. The molecule has 2 rings (SSSR count). The van der Waals surface area contributed by atoms with Crippen molar-refractivity contribution in [2.45, 2.75) is 63.6 Å². The van der Waals surface area contributed by atoms with Gasteiger partial charge in [0.1, 0.15) is 6.04 Å². The Morgan fingerprint density at radius 2 is 2.06 bits per heavy atom. The summed E-state index contributed by atoms with van der Waals surface area (Å²) < 4.78 is 0. The van der Waals surface area contributed by atoms with Crippen LogP contribution in [0.5, 0.6) is 0 Å². The molecule has 102 valence electrons. The van der Waals surface area contributed by atoms with Crippen LogP contribution in [0.2, 0.25) is 0 Å². The fourth-order valence-corrected chi connectivity index (χ4v) is 2.23. The molecule has 1 saturated carbocycles. The van der Waals surface area contributed by atoms with Crippen LogP contribution in [0, 0.1) is 0 Å². The third-order valence-corrected chi connectivity index (χ3v) is 3.78. The van der Waals surface area contributed by atoms with Gasteiger partial charge in [-0.25, -0.2) is 0 Å². The van der Waals surface area contributed by atoms with E-state index >= 15 is 0 Å². The maximum atomic E-state index is 12.2. The SMILES string of the molecule is CC(NC(=O)C1(C)CCCCN1)C(=O)NC1CC1. The van der Waals surface area contributed by atoms with Crippen LogP contribution in [0.15, 0.2) is 0 Å². The highest BCUT2D eigenvalue weighted by molar-refractivity contribution is 5.91. The molecule has 0 spiro atoms. The van der Waals surface area contributed by atoms with Gasteiger partial charge in [-0.3, -0.25) is 9.59 Å². The highest BCUT2D eigenvalue weighted by atomic mass is 16.2. The number of amides is 2. The van der Waals surface area contributed by atoms with E-state index < -0.39 is 11.6 Å². The first-order chi connectivity index (χ1) is 8.51. The van der Waals surface area contributed by atoms with Crippen LogP contribution in [0.3, 0.4) is 0 Å². The Bertz CT molecular complexity index is 333. The van der Waals surface area contributed by atoms with Crippen molar-refractivity contribution in [3.8, 4) is 0 Å². The van der Waals surface area contributed by atoms with Gasteiger partial charge in [0.05, 0.1) is 5.54 Å². The molecule has 2 aliphatic rings. The predicted octanol–water partition coefficient (Wildman–Crippen LogP) is 0.302. The van der Waals surface area contributed by atoms with Gasteiger partial charge in [0, 0.05) is 6.04 Å². The Morgan fingerprint density at radius 3 is 2.61 bits per heavy atom. The van der Waals surface area contributed by atoms with Gasteiger partial charge in [-0.05, 0) is 52.5 Å². The average Bonchev–Trinajstić information content (AvgIpc) is 3.13. The molecule has 1 heterocycles. The van der Waals surface area contributed by atoms with E-state index in [-0.39, 0.29) is 11.8 Å². The number of carbonyl (C=O) groups is 2. The minimum atomic E-state index is -0.521. The van der Waals surface area contributed by atoms with E-state index in [0.717, 1.165) is 38.6 Å². The molecule has 0 aromatic carbocycles. The van der Waals surface area contributed by atoms with Crippen molar-refractivity contribution in [2.24, 2.45) is 0 Å². The quantitative estimate of drug-likeness (QED) is 0.675. The summed E-state index contributed by atoms with van der Waals surface area (Å²) in [6, 6.07) is -0.126. The van der Waals surface area contributed by atoms with Gasteiger partial charge < -0.3 is 16.0 Å². The van der Waals surface area contributed by atoms with E-state index in [1.807, 2.05) is 6.92 Å². The molecule has 0 aromatic heterocycles. The van der Waals surface area contributed by atoms with Crippen LogP contribution in [0.1, 0.15) is 46.0 Å². The Kier molecular flexibility index (Phi) is 3.90. The lowest BCUT2D eigenvalue weighted by Gasteiger charge is -2.34. The molecule has 1 aliphatic heterocycles. The molecule has 18 heavy (non-hydrogen) atoms. The zero-order chi connectivity index (χ0) is 13.2. The monoisotopic (exact) mass is 253 g/mol. The minimum Gasteiger partial charge on any atom is -0.352 e. The Labute approximate surface area is 108 Å². The zero-order valence-electron chi connectivity index (χ0n) is 11.2. The molecule has 2 atom stereocenters. The summed E-state index contributed by atoms with van der Waals surface area (Å²) >= 11 is 0. The molecule has 2 fully saturated rings. The van der Waals surface area contributed by atoms with Crippen LogP contribution in [0.25, 0.3) is 0 Å². The first kappa shape index (κ1) is 13.3. The normalized spacial score (nSPS) is 29.4. The molecular formula is C13H23N3O2. The number of carbonyl (C=O) groups excluding carboxylic acids is 2. The van der Waals surface area contributed by atoms with Gasteiger partial charge in [-0.1, -0.05) is 0 Å². The lowest BCUT2D eigenvalue weighted by atomic mass is 9.90. The van der Waals surface area contributed by atoms with Gasteiger partial charge in [0.15, 0.2) is 0 Å². The van der Waals surface area contributed by atoms with Crippen molar-refractivity contribution >= 4 is 11.8 Å². The summed E-state index contributed by atoms with van der Waals surface area (Å²) in [5.74, 6) is -0.147. The molecule has 0 bridgehead atoms. The maximum Gasteiger partial charge on any atom is 0.242 e. The maximum absolute atomic E-state index is 12.2. The molecule has 3 N–H and O–H groups in total. The summed E-state index contributed by atoms with van der Waals surface area (Å²) in [7, 11) is 0. The van der Waals surface area contributed by atoms with Gasteiger partial charge >= 0.3 is 0 Å². The Morgan fingerprint density at radius 1 is 1.33 bits per heavy atom. The van der Waals surface area contributed by atoms with Gasteiger partial charge in [-0.15, -0.1) is 0 Å². The second-order valence-corrected chi connectivity index (χ2v) is 5.69. The Balaban J connectivity index is 1.83. The van der Waals surface area contributed by atoms with E-state index in [2.05, 4.69) is 16.0 Å². The summed E-state index contributed by atoms with van der Waals surface area (Å²) in [5.41, 5.74) is -0.521.